The molecule has 120 valence electrons. The summed E-state index contributed by atoms with van der Waals surface area (Å²) in [4.78, 5) is 0.241. The molecule has 0 aromatic heterocycles. The van der Waals surface area contributed by atoms with Crippen LogP contribution in [0.3, 0.4) is 0 Å². The number of benzene rings is 1. The Labute approximate surface area is 135 Å². The maximum absolute atomic E-state index is 13.0. The van der Waals surface area contributed by atoms with E-state index in [9.17, 15) is 8.42 Å². The minimum atomic E-state index is -3.62. The van der Waals surface area contributed by atoms with Crippen molar-refractivity contribution in [2.45, 2.75) is 38.1 Å². The van der Waals surface area contributed by atoms with Crippen LogP contribution >= 0.6 is 15.9 Å². The summed E-state index contributed by atoms with van der Waals surface area (Å²) in [7, 11) is -2.06. The summed E-state index contributed by atoms with van der Waals surface area (Å²) in [6.45, 7) is 6.25. The van der Waals surface area contributed by atoms with Gasteiger partial charge in [-0.05, 0) is 38.0 Å². The number of ether oxygens (including phenoxy) is 1. The Balaban J connectivity index is 3.35. The van der Waals surface area contributed by atoms with Gasteiger partial charge < -0.3 is 10.5 Å². The van der Waals surface area contributed by atoms with E-state index in [4.69, 9.17) is 10.5 Å². The van der Waals surface area contributed by atoms with Gasteiger partial charge in [-0.3, -0.25) is 0 Å². The molecular formula is C14H23BrN2O3S. The predicted molar refractivity (Wildman–Crippen MR) is 88.8 cm³/mol. The number of rotatable bonds is 7. The number of hydrogen-bond acceptors (Lipinski definition) is 4. The smallest absolute Gasteiger partial charge is 0.243 e. The molecular weight excluding hydrogens is 356 g/mol. The van der Waals surface area contributed by atoms with Crippen molar-refractivity contribution in [1.29, 1.82) is 0 Å². The van der Waals surface area contributed by atoms with Gasteiger partial charge in [0, 0.05) is 29.9 Å². The van der Waals surface area contributed by atoms with Gasteiger partial charge in [-0.25, -0.2) is 8.42 Å². The summed E-state index contributed by atoms with van der Waals surface area (Å²) in [6.07, 6.45) is 0.728. The number of sulfonamides is 1. The molecule has 0 radical (unpaired) electrons. The number of nitrogens with zero attached hydrogens (tertiary/aromatic N) is 1. The van der Waals surface area contributed by atoms with E-state index in [0.29, 0.717) is 28.9 Å². The monoisotopic (exact) mass is 378 g/mol. The van der Waals surface area contributed by atoms with Crippen LogP contribution in [-0.2, 0) is 14.8 Å². The highest BCUT2D eigenvalue weighted by atomic mass is 79.9. The maximum Gasteiger partial charge on any atom is 0.243 e. The molecule has 21 heavy (non-hydrogen) atoms. The van der Waals surface area contributed by atoms with E-state index in [1.54, 1.807) is 26.2 Å². The molecule has 0 fully saturated rings. The summed E-state index contributed by atoms with van der Waals surface area (Å²) in [5, 5.41) is 0. The van der Waals surface area contributed by atoms with Gasteiger partial charge in [0.2, 0.25) is 10.0 Å². The second kappa shape index (κ2) is 7.58. The average Bonchev–Trinajstić information content (AvgIpc) is 2.42. The van der Waals surface area contributed by atoms with Gasteiger partial charge in [0.05, 0.1) is 11.5 Å². The number of nitrogen functional groups attached to an aromatic ring is 1. The van der Waals surface area contributed by atoms with Crippen LogP contribution in [0.4, 0.5) is 5.69 Å². The van der Waals surface area contributed by atoms with E-state index in [2.05, 4.69) is 15.9 Å². The van der Waals surface area contributed by atoms with Crippen LogP contribution in [0.5, 0.6) is 0 Å². The molecule has 7 heteroatoms. The molecule has 1 aromatic rings. The molecule has 2 N–H and O–H groups in total. The van der Waals surface area contributed by atoms with E-state index in [1.807, 2.05) is 13.8 Å². The normalized spacial score (nSPS) is 13.6. The van der Waals surface area contributed by atoms with Crippen molar-refractivity contribution in [1.82, 2.24) is 4.31 Å². The van der Waals surface area contributed by atoms with Crippen molar-refractivity contribution in [2.75, 3.05) is 26.0 Å². The summed E-state index contributed by atoms with van der Waals surface area (Å²) in [5.74, 6) is 0. The van der Waals surface area contributed by atoms with Gasteiger partial charge in [-0.1, -0.05) is 22.9 Å². The minimum absolute atomic E-state index is 0.107. The molecule has 0 heterocycles. The first-order valence-electron chi connectivity index (χ1n) is 6.82. The van der Waals surface area contributed by atoms with Crippen molar-refractivity contribution in [3.05, 3.63) is 22.2 Å². The lowest BCUT2D eigenvalue weighted by Crippen LogP contribution is -2.40. The molecule has 0 spiro atoms. The zero-order chi connectivity index (χ0) is 16.2. The molecule has 1 aromatic carbocycles. The van der Waals surface area contributed by atoms with Crippen molar-refractivity contribution in [3.8, 4) is 0 Å². The fraction of sp³-hybridized carbons (Fsp3) is 0.571. The molecule has 1 unspecified atom stereocenters. The first kappa shape index (κ1) is 18.4. The van der Waals surface area contributed by atoms with Crippen LogP contribution in [0, 0.1) is 6.92 Å². The van der Waals surface area contributed by atoms with Gasteiger partial charge in [0.1, 0.15) is 0 Å². The van der Waals surface area contributed by atoms with E-state index in [0.717, 1.165) is 6.42 Å². The second-order valence-electron chi connectivity index (χ2n) is 4.98. The fourth-order valence-corrected chi connectivity index (χ4v) is 4.63. The lowest BCUT2D eigenvalue weighted by atomic mass is 10.2. The summed E-state index contributed by atoms with van der Waals surface area (Å²) in [6, 6.07) is 3.20. The Kier molecular flexibility index (Phi) is 6.65. The lowest BCUT2D eigenvalue weighted by Gasteiger charge is -2.28. The number of halogens is 1. The highest BCUT2D eigenvalue weighted by Gasteiger charge is 2.30. The topological polar surface area (TPSA) is 72.6 Å². The Bertz CT molecular complexity index is 590. The SMILES string of the molecule is CCC(C)N(CCOC)S(=O)(=O)c1cc(Br)cc(N)c1C. The third kappa shape index (κ3) is 4.18. The number of nitrogens with two attached hydrogens (primary N) is 1. The van der Waals surface area contributed by atoms with Crippen LogP contribution in [0.1, 0.15) is 25.8 Å². The van der Waals surface area contributed by atoms with E-state index in [1.165, 1.54) is 4.31 Å². The maximum atomic E-state index is 13.0. The zero-order valence-electron chi connectivity index (χ0n) is 12.9. The average molecular weight is 379 g/mol. The van der Waals surface area contributed by atoms with Gasteiger partial charge >= 0.3 is 0 Å². The summed E-state index contributed by atoms with van der Waals surface area (Å²) < 4.78 is 33.1. The van der Waals surface area contributed by atoms with E-state index < -0.39 is 10.0 Å². The minimum Gasteiger partial charge on any atom is -0.398 e. The quantitative estimate of drug-likeness (QED) is 0.740. The molecule has 5 nitrogen and oxygen atoms in total. The van der Waals surface area contributed by atoms with Gasteiger partial charge in [-0.2, -0.15) is 4.31 Å². The first-order chi connectivity index (χ1) is 9.75. The summed E-state index contributed by atoms with van der Waals surface area (Å²) in [5.41, 5.74) is 6.92. The molecule has 0 amide bonds. The molecule has 0 aliphatic carbocycles. The van der Waals surface area contributed by atoms with Gasteiger partial charge in [-0.15, -0.1) is 0 Å². The predicted octanol–water partition coefficient (Wildman–Crippen LogP) is 2.78. The molecule has 0 aliphatic rings. The molecule has 0 saturated heterocycles. The highest BCUT2D eigenvalue weighted by molar-refractivity contribution is 9.10. The number of hydrogen-bond donors (Lipinski definition) is 1. The van der Waals surface area contributed by atoms with Crippen LogP contribution in [-0.4, -0.2) is 39.0 Å². The Morgan fingerprint density at radius 1 is 1.43 bits per heavy atom. The Morgan fingerprint density at radius 3 is 2.57 bits per heavy atom. The molecule has 0 bridgehead atoms. The second-order valence-corrected chi connectivity index (χ2v) is 7.76. The van der Waals surface area contributed by atoms with Crippen LogP contribution in [0.15, 0.2) is 21.5 Å². The molecule has 0 saturated carbocycles. The Hall–Kier alpha value is -0.630. The van der Waals surface area contributed by atoms with Crippen LogP contribution in [0.2, 0.25) is 0 Å². The largest absolute Gasteiger partial charge is 0.398 e. The lowest BCUT2D eigenvalue weighted by molar-refractivity contribution is 0.167. The van der Waals surface area contributed by atoms with E-state index in [-0.39, 0.29) is 10.9 Å². The fourth-order valence-electron chi connectivity index (χ4n) is 2.03. The van der Waals surface area contributed by atoms with Crippen LogP contribution in [0.25, 0.3) is 0 Å². The standard InChI is InChI=1S/C14H23BrN2O3S/c1-5-10(2)17(6-7-20-4)21(18,19)14-9-12(15)8-13(16)11(14)3/h8-10H,5-7,16H2,1-4H3. The zero-order valence-corrected chi connectivity index (χ0v) is 15.3. The van der Waals surface area contributed by atoms with Crippen molar-refractivity contribution in [2.24, 2.45) is 0 Å². The van der Waals surface area contributed by atoms with E-state index >= 15 is 0 Å². The third-order valence-electron chi connectivity index (χ3n) is 3.55. The summed E-state index contributed by atoms with van der Waals surface area (Å²) >= 11 is 3.31. The highest BCUT2D eigenvalue weighted by Crippen LogP contribution is 2.29. The molecule has 0 aliphatic heterocycles. The number of methoxy groups -OCH3 is 1. The van der Waals surface area contributed by atoms with Gasteiger partial charge in [0.25, 0.3) is 0 Å². The first-order valence-corrected chi connectivity index (χ1v) is 9.05. The molecule has 1 atom stereocenters. The molecule has 1 rings (SSSR count). The van der Waals surface area contributed by atoms with Crippen molar-refractivity contribution in [3.63, 3.8) is 0 Å². The van der Waals surface area contributed by atoms with Crippen LogP contribution < -0.4 is 5.73 Å². The van der Waals surface area contributed by atoms with Crippen molar-refractivity contribution < 1.29 is 13.2 Å². The number of anilines is 1. The third-order valence-corrected chi connectivity index (χ3v) is 6.15. The Morgan fingerprint density at radius 2 is 2.05 bits per heavy atom. The van der Waals surface area contributed by atoms with Crippen molar-refractivity contribution >= 4 is 31.6 Å². The van der Waals surface area contributed by atoms with Gasteiger partial charge in [0.15, 0.2) is 0 Å².